The zero-order chi connectivity index (χ0) is 13.9. The molecule has 5 nitrogen and oxygen atoms in total. The number of carbonyl (C=O) groups excluding carboxylic acids is 2. The second-order valence-electron chi connectivity index (χ2n) is 2.90. The van der Waals surface area contributed by atoms with E-state index in [2.05, 4.69) is 16.1 Å². The van der Waals surface area contributed by atoms with Crippen LogP contribution in [0.3, 0.4) is 0 Å². The lowest BCUT2D eigenvalue weighted by atomic mass is 9.94. The largest absolute Gasteiger partial charge is 0.466 e. The first-order valence-electron chi connectivity index (χ1n) is 4.36. The van der Waals surface area contributed by atoms with E-state index in [1.807, 2.05) is 0 Å². The molecule has 0 aliphatic heterocycles. The van der Waals surface area contributed by atoms with Crippen LogP contribution in [-0.4, -0.2) is 42.5 Å². The number of ether oxygens (including phenoxy) is 2. The Balaban J connectivity index is 5.43. The molecule has 1 atom stereocenters. The predicted octanol–water partition coefficient (Wildman–Crippen LogP) is 0.572. The van der Waals surface area contributed by atoms with Gasteiger partial charge in [0.1, 0.15) is 0 Å². The molecule has 0 bridgehead atoms. The number of esters is 2. The fraction of sp³-hybridized carbons (Fsp3) is 0.556. The summed E-state index contributed by atoms with van der Waals surface area (Å²) in [7, 11) is 0.636. The maximum Gasteiger partial charge on any atom is 0.432 e. The third kappa shape index (κ3) is 2.76. The molecule has 0 heterocycles. The molecular formula is C9H11F3O5. The second kappa shape index (κ2) is 5.17. The molecule has 0 aliphatic rings. The van der Waals surface area contributed by atoms with Crippen LogP contribution in [0, 0.1) is 0 Å². The molecule has 1 unspecified atom stereocenters. The van der Waals surface area contributed by atoms with Gasteiger partial charge in [0.2, 0.25) is 0 Å². The van der Waals surface area contributed by atoms with Crippen LogP contribution in [-0.2, 0) is 19.1 Å². The van der Waals surface area contributed by atoms with Crippen molar-refractivity contribution >= 4 is 11.9 Å². The van der Waals surface area contributed by atoms with E-state index >= 15 is 0 Å². The molecule has 0 fully saturated rings. The minimum Gasteiger partial charge on any atom is -0.466 e. The fourth-order valence-corrected chi connectivity index (χ4v) is 0.924. The van der Waals surface area contributed by atoms with Gasteiger partial charge in [-0.1, -0.05) is 6.58 Å². The second-order valence-corrected chi connectivity index (χ2v) is 2.90. The Bertz CT molecular complexity index is 336. The molecule has 0 saturated heterocycles. The van der Waals surface area contributed by atoms with Crippen molar-refractivity contribution in [3.8, 4) is 0 Å². The standard InChI is InChI=1S/C9H11F3O5/c1-4-17-6(13)5(2)8(15,7(14)16-3)9(10,11)12/h15H,2,4H2,1,3H3. The van der Waals surface area contributed by atoms with Crippen LogP contribution in [0.1, 0.15) is 6.92 Å². The molecular weight excluding hydrogens is 245 g/mol. The van der Waals surface area contributed by atoms with Gasteiger partial charge in [0, 0.05) is 0 Å². The molecule has 0 saturated carbocycles. The summed E-state index contributed by atoms with van der Waals surface area (Å²) in [6, 6.07) is 0. The van der Waals surface area contributed by atoms with Crippen molar-refractivity contribution in [2.45, 2.75) is 18.7 Å². The number of halogens is 3. The summed E-state index contributed by atoms with van der Waals surface area (Å²) in [6.45, 7) is 3.85. The van der Waals surface area contributed by atoms with Crippen LogP contribution < -0.4 is 0 Å². The average Bonchev–Trinajstić information content (AvgIpc) is 2.24. The highest BCUT2D eigenvalue weighted by atomic mass is 19.4. The third-order valence-corrected chi connectivity index (χ3v) is 1.85. The van der Waals surface area contributed by atoms with Gasteiger partial charge in [0.05, 0.1) is 19.3 Å². The van der Waals surface area contributed by atoms with E-state index in [0.29, 0.717) is 7.11 Å². The lowest BCUT2D eigenvalue weighted by Crippen LogP contribution is -2.55. The van der Waals surface area contributed by atoms with Gasteiger partial charge in [0.25, 0.3) is 5.60 Å². The molecule has 0 spiro atoms. The first-order valence-corrected chi connectivity index (χ1v) is 4.36. The number of carbonyl (C=O) groups is 2. The Labute approximate surface area is 94.8 Å². The number of rotatable bonds is 4. The summed E-state index contributed by atoms with van der Waals surface area (Å²) in [6.07, 6.45) is -5.44. The summed E-state index contributed by atoms with van der Waals surface area (Å²) in [5.41, 5.74) is -5.55. The van der Waals surface area contributed by atoms with E-state index < -0.39 is 29.3 Å². The van der Waals surface area contributed by atoms with Gasteiger partial charge in [-0.3, -0.25) is 0 Å². The summed E-state index contributed by atoms with van der Waals surface area (Å²) < 4.78 is 45.8. The van der Waals surface area contributed by atoms with E-state index in [9.17, 15) is 27.9 Å². The highest BCUT2D eigenvalue weighted by Gasteiger charge is 2.64. The first-order chi connectivity index (χ1) is 7.62. The molecule has 0 aromatic rings. The molecule has 8 heteroatoms. The maximum absolute atomic E-state index is 12.6. The zero-order valence-electron chi connectivity index (χ0n) is 9.13. The molecule has 17 heavy (non-hydrogen) atoms. The van der Waals surface area contributed by atoms with Crippen molar-refractivity contribution in [3.05, 3.63) is 12.2 Å². The zero-order valence-corrected chi connectivity index (χ0v) is 9.13. The Morgan fingerprint density at radius 1 is 1.35 bits per heavy atom. The molecule has 0 aromatic heterocycles. The predicted molar refractivity (Wildman–Crippen MR) is 48.8 cm³/mol. The summed E-state index contributed by atoms with van der Waals surface area (Å²) in [5.74, 6) is -3.58. The van der Waals surface area contributed by atoms with E-state index in [1.54, 1.807) is 0 Å². The maximum atomic E-state index is 12.6. The van der Waals surface area contributed by atoms with Crippen LogP contribution in [0.15, 0.2) is 12.2 Å². The lowest BCUT2D eigenvalue weighted by molar-refractivity contribution is -0.249. The van der Waals surface area contributed by atoms with Gasteiger partial charge >= 0.3 is 18.1 Å². The van der Waals surface area contributed by atoms with Crippen molar-refractivity contribution in [1.29, 1.82) is 0 Å². The number of hydrogen-bond donors (Lipinski definition) is 1. The van der Waals surface area contributed by atoms with Gasteiger partial charge in [-0.15, -0.1) is 0 Å². The smallest absolute Gasteiger partial charge is 0.432 e. The average molecular weight is 256 g/mol. The topological polar surface area (TPSA) is 72.8 Å². The van der Waals surface area contributed by atoms with Gasteiger partial charge in [-0.25, -0.2) is 9.59 Å². The molecule has 0 rings (SSSR count). The van der Waals surface area contributed by atoms with Gasteiger partial charge < -0.3 is 14.6 Å². The number of aliphatic hydroxyl groups is 1. The van der Waals surface area contributed by atoms with Crippen molar-refractivity contribution in [2.75, 3.05) is 13.7 Å². The molecule has 0 aliphatic carbocycles. The van der Waals surface area contributed by atoms with E-state index in [1.165, 1.54) is 6.92 Å². The minimum atomic E-state index is -5.44. The Kier molecular flexibility index (Phi) is 4.70. The Morgan fingerprint density at radius 2 is 1.82 bits per heavy atom. The van der Waals surface area contributed by atoms with E-state index in [4.69, 9.17) is 0 Å². The molecule has 0 amide bonds. The Morgan fingerprint density at radius 3 is 2.12 bits per heavy atom. The fourth-order valence-electron chi connectivity index (χ4n) is 0.924. The van der Waals surface area contributed by atoms with E-state index in [0.717, 1.165) is 0 Å². The van der Waals surface area contributed by atoms with Crippen molar-refractivity contribution in [3.63, 3.8) is 0 Å². The number of hydrogen-bond acceptors (Lipinski definition) is 5. The van der Waals surface area contributed by atoms with Gasteiger partial charge in [-0.05, 0) is 6.92 Å². The molecule has 0 radical (unpaired) electrons. The van der Waals surface area contributed by atoms with Crippen molar-refractivity contribution in [1.82, 2.24) is 0 Å². The van der Waals surface area contributed by atoms with Crippen LogP contribution in [0.2, 0.25) is 0 Å². The molecule has 1 N–H and O–H groups in total. The van der Waals surface area contributed by atoms with E-state index in [-0.39, 0.29) is 6.61 Å². The van der Waals surface area contributed by atoms with Crippen LogP contribution in [0.4, 0.5) is 13.2 Å². The van der Waals surface area contributed by atoms with Crippen LogP contribution in [0.25, 0.3) is 0 Å². The van der Waals surface area contributed by atoms with Crippen LogP contribution >= 0.6 is 0 Å². The highest BCUT2D eigenvalue weighted by Crippen LogP contribution is 2.37. The summed E-state index contributed by atoms with van der Waals surface area (Å²) in [4.78, 5) is 22.0. The normalized spacial score (nSPS) is 14.7. The monoisotopic (exact) mass is 256 g/mol. The minimum absolute atomic E-state index is 0.229. The van der Waals surface area contributed by atoms with Crippen molar-refractivity contribution < 1.29 is 37.3 Å². The van der Waals surface area contributed by atoms with Crippen LogP contribution in [0.5, 0.6) is 0 Å². The highest BCUT2D eigenvalue weighted by molar-refractivity contribution is 6.00. The first kappa shape index (κ1) is 15.4. The number of methoxy groups -OCH3 is 1. The van der Waals surface area contributed by atoms with Gasteiger partial charge in [0.15, 0.2) is 0 Å². The van der Waals surface area contributed by atoms with Gasteiger partial charge in [-0.2, -0.15) is 13.2 Å². The SMILES string of the molecule is C=C(C(=O)OCC)C(O)(C(=O)OC)C(F)(F)F. The Hall–Kier alpha value is -1.57. The summed E-state index contributed by atoms with van der Waals surface area (Å²) >= 11 is 0. The lowest BCUT2D eigenvalue weighted by Gasteiger charge is -2.28. The molecule has 0 aromatic carbocycles. The third-order valence-electron chi connectivity index (χ3n) is 1.85. The molecule has 98 valence electrons. The quantitative estimate of drug-likeness (QED) is 0.588. The number of alkyl halides is 3. The van der Waals surface area contributed by atoms with Crippen molar-refractivity contribution in [2.24, 2.45) is 0 Å². The summed E-state index contributed by atoms with van der Waals surface area (Å²) in [5, 5.41) is 9.28.